The van der Waals surface area contributed by atoms with Gasteiger partial charge in [-0.15, -0.1) is 0 Å². The molecule has 15 heavy (non-hydrogen) atoms. The Morgan fingerprint density at radius 3 is 1.80 bits per heavy atom. The van der Waals surface area contributed by atoms with Crippen molar-refractivity contribution in [1.82, 2.24) is 9.97 Å². The fourth-order valence-electron chi connectivity index (χ4n) is 1.09. The molecule has 75 valence electrons. The molecule has 3 nitrogen and oxygen atoms in total. The van der Waals surface area contributed by atoms with E-state index in [0.29, 0.717) is 0 Å². The van der Waals surface area contributed by atoms with Crippen LogP contribution in [0, 0.1) is 0 Å². The molecule has 2 aromatic heterocycles. The number of nitrogens with zero attached hydrogens (tertiary/aromatic N) is 2. The van der Waals surface area contributed by atoms with Gasteiger partial charge < -0.3 is 0 Å². The van der Waals surface area contributed by atoms with Gasteiger partial charge in [0.1, 0.15) is 0 Å². The Hall–Kier alpha value is -1.46. The van der Waals surface area contributed by atoms with Crippen molar-refractivity contribution in [1.29, 1.82) is 0 Å². The quantitative estimate of drug-likeness (QED) is 0.754. The third-order valence-corrected chi connectivity index (χ3v) is 6.67. The van der Waals surface area contributed by atoms with Gasteiger partial charge in [0, 0.05) is 0 Å². The average Bonchev–Trinajstić information content (AvgIpc) is 2.33. The van der Waals surface area contributed by atoms with E-state index >= 15 is 0 Å². The van der Waals surface area contributed by atoms with E-state index in [9.17, 15) is 4.79 Å². The minimum atomic E-state index is -2.45. The molecule has 0 unspecified atom stereocenters. The first-order valence-corrected chi connectivity index (χ1v) is 8.39. The molecule has 2 heterocycles. The SMILES string of the molecule is O=[C]=[Re]([c]1ccccn1)[c]1ccccn1. The number of aromatic nitrogens is 2. The van der Waals surface area contributed by atoms with E-state index in [1.165, 1.54) is 0 Å². The predicted molar refractivity (Wildman–Crippen MR) is 53.4 cm³/mol. The fourth-order valence-corrected chi connectivity index (χ4v) is 4.90. The van der Waals surface area contributed by atoms with Crippen molar-refractivity contribution < 1.29 is 21.1 Å². The second-order valence-electron chi connectivity index (χ2n) is 2.67. The van der Waals surface area contributed by atoms with E-state index in [1.807, 2.05) is 36.4 Å². The molecule has 0 spiro atoms. The Labute approximate surface area is 92.6 Å². The molecule has 0 aliphatic rings. The third-order valence-electron chi connectivity index (χ3n) is 1.72. The summed E-state index contributed by atoms with van der Waals surface area (Å²) in [6, 6.07) is 11.2. The fraction of sp³-hybridized carbons (Fsp3) is 0. The van der Waals surface area contributed by atoms with Crippen molar-refractivity contribution in [3.05, 3.63) is 48.8 Å². The molecule has 0 bridgehead atoms. The van der Waals surface area contributed by atoms with Gasteiger partial charge in [-0.05, 0) is 0 Å². The van der Waals surface area contributed by atoms with Gasteiger partial charge in [0.25, 0.3) is 0 Å². The molecular weight excluding hydrogens is 362 g/mol. The third kappa shape index (κ3) is 2.31. The van der Waals surface area contributed by atoms with E-state index in [-0.39, 0.29) is 0 Å². The van der Waals surface area contributed by atoms with Crippen molar-refractivity contribution >= 4 is 12.7 Å². The normalized spacial score (nSPS) is 9.93. The molecule has 2 rings (SSSR count). The van der Waals surface area contributed by atoms with Gasteiger partial charge in [-0.1, -0.05) is 0 Å². The second-order valence-corrected chi connectivity index (χ2v) is 8.04. The molecule has 0 saturated carbocycles. The van der Waals surface area contributed by atoms with Crippen molar-refractivity contribution in [3.63, 3.8) is 0 Å². The average molecular weight is 370 g/mol. The van der Waals surface area contributed by atoms with Gasteiger partial charge in [-0.2, -0.15) is 0 Å². The van der Waals surface area contributed by atoms with Gasteiger partial charge in [-0.25, -0.2) is 0 Å². The van der Waals surface area contributed by atoms with Crippen LogP contribution in [0.1, 0.15) is 0 Å². The number of carbonyl (C=O) groups excluding carboxylic acids is 1. The number of pyridine rings is 2. The van der Waals surface area contributed by atoms with Crippen LogP contribution in [0.15, 0.2) is 48.8 Å². The topological polar surface area (TPSA) is 42.9 Å². The first-order valence-electron chi connectivity index (χ1n) is 4.31. The molecule has 0 aliphatic heterocycles. The molecule has 0 aromatic carbocycles. The molecule has 0 atom stereocenters. The Balaban J connectivity index is 2.48. The molecule has 0 fully saturated rings. The van der Waals surface area contributed by atoms with E-state index in [4.69, 9.17) is 0 Å². The van der Waals surface area contributed by atoms with Gasteiger partial charge in [0.05, 0.1) is 0 Å². The molecule has 0 saturated heterocycles. The first-order chi connectivity index (χ1) is 7.42. The van der Waals surface area contributed by atoms with Crippen LogP contribution in [-0.2, 0) is 21.1 Å². The zero-order valence-corrected chi connectivity index (χ0v) is 10.5. The molecule has 0 N–H and O–H groups in total. The Morgan fingerprint density at radius 1 is 0.933 bits per heavy atom. The van der Waals surface area contributed by atoms with E-state index in [2.05, 4.69) is 14.3 Å². The van der Waals surface area contributed by atoms with Crippen LogP contribution < -0.4 is 8.33 Å². The summed E-state index contributed by atoms with van der Waals surface area (Å²) in [6.07, 6.45) is 3.40. The summed E-state index contributed by atoms with van der Waals surface area (Å²) in [5.74, 6) is 0. The van der Waals surface area contributed by atoms with E-state index in [0.717, 1.165) is 8.33 Å². The second kappa shape index (κ2) is 4.86. The van der Waals surface area contributed by atoms with Gasteiger partial charge in [0.15, 0.2) is 0 Å². The number of rotatable bonds is 2. The van der Waals surface area contributed by atoms with Gasteiger partial charge in [-0.3, -0.25) is 0 Å². The summed E-state index contributed by atoms with van der Waals surface area (Å²) < 4.78 is 3.86. The van der Waals surface area contributed by atoms with E-state index < -0.39 is 16.3 Å². The molecule has 0 radical (unpaired) electrons. The van der Waals surface area contributed by atoms with Crippen molar-refractivity contribution in [2.75, 3.05) is 0 Å². The standard InChI is InChI=1S/2C5H4N.CO.Re/c2*1-2-4-6-5-3-1;1-2;/h2*1-4H;;. The van der Waals surface area contributed by atoms with Crippen LogP contribution >= 0.6 is 0 Å². The van der Waals surface area contributed by atoms with Gasteiger partial charge >= 0.3 is 92.5 Å². The summed E-state index contributed by atoms with van der Waals surface area (Å²) in [4.78, 5) is 19.4. The Bertz CT molecular complexity index is 451. The molecular formula is C11H8N2ORe. The summed E-state index contributed by atoms with van der Waals surface area (Å²) in [5, 5.41) is 0. The predicted octanol–water partition coefficient (Wildman–Crippen LogP) is 0.113. The Kier molecular flexibility index (Phi) is 3.26. The summed E-state index contributed by atoms with van der Waals surface area (Å²) in [7, 11) is 0. The van der Waals surface area contributed by atoms with Crippen LogP contribution in [0.25, 0.3) is 0 Å². The van der Waals surface area contributed by atoms with Crippen molar-refractivity contribution in [2.24, 2.45) is 0 Å². The minimum absolute atomic E-state index is 0.858. The summed E-state index contributed by atoms with van der Waals surface area (Å²) in [5.41, 5.74) is 0. The maximum absolute atomic E-state index is 11.0. The number of hydrogen-bond acceptors (Lipinski definition) is 3. The van der Waals surface area contributed by atoms with Crippen LogP contribution in [0.5, 0.6) is 0 Å². The maximum atomic E-state index is 11.0. The van der Waals surface area contributed by atoms with Crippen LogP contribution in [0.3, 0.4) is 0 Å². The van der Waals surface area contributed by atoms with Crippen LogP contribution in [0.2, 0.25) is 0 Å². The first kappa shape index (κ1) is 10.1. The molecule has 0 amide bonds. The Morgan fingerprint density at radius 2 is 1.47 bits per heavy atom. The van der Waals surface area contributed by atoms with Crippen LogP contribution in [0.4, 0.5) is 0 Å². The molecule has 0 aliphatic carbocycles. The van der Waals surface area contributed by atoms with Crippen LogP contribution in [-0.4, -0.2) is 14.3 Å². The monoisotopic (exact) mass is 371 g/mol. The van der Waals surface area contributed by atoms with Crippen molar-refractivity contribution in [2.45, 2.75) is 0 Å². The summed E-state index contributed by atoms with van der Waals surface area (Å²) >= 11 is -2.45. The number of hydrogen-bond donors (Lipinski definition) is 0. The zero-order valence-electron chi connectivity index (χ0n) is 7.80. The van der Waals surface area contributed by atoms with Crippen molar-refractivity contribution in [3.8, 4) is 0 Å². The van der Waals surface area contributed by atoms with E-state index in [1.54, 1.807) is 12.4 Å². The van der Waals surface area contributed by atoms with Gasteiger partial charge in [0.2, 0.25) is 0 Å². The summed E-state index contributed by atoms with van der Waals surface area (Å²) in [6.45, 7) is 0. The molecule has 4 heteroatoms. The zero-order chi connectivity index (χ0) is 10.5. The molecule has 2 aromatic rings.